The maximum absolute atomic E-state index is 13.0. The first-order valence-corrected chi connectivity index (χ1v) is 7.63. The molecule has 0 bridgehead atoms. The Bertz CT molecular complexity index is 638. The summed E-state index contributed by atoms with van der Waals surface area (Å²) in [7, 11) is 0. The average molecular weight is 271 g/mol. The van der Waals surface area contributed by atoms with Gasteiger partial charge in [0.15, 0.2) is 0 Å². The Morgan fingerprint density at radius 3 is 3.00 bits per heavy atom. The van der Waals surface area contributed by atoms with Crippen LogP contribution >= 0.6 is 0 Å². The van der Waals surface area contributed by atoms with E-state index >= 15 is 0 Å². The molecule has 0 N–H and O–H groups in total. The summed E-state index contributed by atoms with van der Waals surface area (Å²) in [5, 5.41) is 1.36. The van der Waals surface area contributed by atoms with E-state index in [1.54, 1.807) is 0 Å². The standard InChI is InChI=1S/C18H22FN/c1-3-13-7-5-9-15-17(13)18-14(4-2)8-6-10-16(18)20(15)12-11-19/h3,6,8,10,13H,1,4-5,7,9,11-12H2,2H3. The third-order valence-corrected chi connectivity index (χ3v) is 4.60. The predicted molar refractivity (Wildman–Crippen MR) is 83.2 cm³/mol. The lowest BCUT2D eigenvalue weighted by Crippen LogP contribution is -2.12. The van der Waals surface area contributed by atoms with Crippen molar-refractivity contribution in [3.8, 4) is 0 Å². The molecular weight excluding hydrogens is 249 g/mol. The first-order valence-electron chi connectivity index (χ1n) is 7.63. The molecule has 1 aliphatic carbocycles. The van der Waals surface area contributed by atoms with E-state index in [1.165, 1.54) is 40.6 Å². The van der Waals surface area contributed by atoms with Gasteiger partial charge in [0.2, 0.25) is 0 Å². The topological polar surface area (TPSA) is 4.93 Å². The largest absolute Gasteiger partial charge is 0.342 e. The van der Waals surface area contributed by atoms with Gasteiger partial charge in [-0.1, -0.05) is 25.1 Å². The second-order valence-corrected chi connectivity index (χ2v) is 5.60. The van der Waals surface area contributed by atoms with Gasteiger partial charge in [0.25, 0.3) is 0 Å². The third kappa shape index (κ3) is 1.90. The first kappa shape index (κ1) is 13.4. The minimum Gasteiger partial charge on any atom is -0.342 e. The molecule has 0 radical (unpaired) electrons. The number of halogens is 1. The van der Waals surface area contributed by atoms with E-state index in [0.717, 1.165) is 12.8 Å². The Balaban J connectivity index is 2.36. The number of fused-ring (bicyclic) bond motifs is 3. The second kappa shape index (κ2) is 5.43. The average Bonchev–Trinajstić information content (AvgIpc) is 2.82. The van der Waals surface area contributed by atoms with E-state index in [9.17, 15) is 4.39 Å². The van der Waals surface area contributed by atoms with Crippen molar-refractivity contribution in [1.82, 2.24) is 4.57 Å². The van der Waals surface area contributed by atoms with Crippen LogP contribution in [0.3, 0.4) is 0 Å². The van der Waals surface area contributed by atoms with Crippen molar-refractivity contribution < 1.29 is 4.39 Å². The molecule has 0 fully saturated rings. The summed E-state index contributed by atoms with van der Waals surface area (Å²) in [6.45, 7) is 6.39. The SMILES string of the molecule is C=CC1CCCc2c1c1c(CC)cccc1n2CCF. The van der Waals surface area contributed by atoms with Crippen molar-refractivity contribution in [3.63, 3.8) is 0 Å². The molecule has 1 unspecified atom stereocenters. The highest BCUT2D eigenvalue weighted by atomic mass is 19.1. The Morgan fingerprint density at radius 2 is 2.30 bits per heavy atom. The van der Waals surface area contributed by atoms with Crippen molar-refractivity contribution in [2.45, 2.75) is 45.1 Å². The van der Waals surface area contributed by atoms with Gasteiger partial charge in [-0.3, -0.25) is 0 Å². The van der Waals surface area contributed by atoms with Gasteiger partial charge in [0, 0.05) is 22.5 Å². The van der Waals surface area contributed by atoms with Crippen LogP contribution in [0.4, 0.5) is 4.39 Å². The maximum atomic E-state index is 13.0. The predicted octanol–water partition coefficient (Wildman–Crippen LogP) is 4.78. The fraction of sp³-hybridized carbons (Fsp3) is 0.444. The van der Waals surface area contributed by atoms with Crippen molar-refractivity contribution in [3.05, 3.63) is 47.7 Å². The van der Waals surface area contributed by atoms with Gasteiger partial charge in [-0.15, -0.1) is 6.58 Å². The van der Waals surface area contributed by atoms with Crippen LogP contribution in [0.25, 0.3) is 10.9 Å². The molecule has 2 heteroatoms. The van der Waals surface area contributed by atoms with Gasteiger partial charge in [-0.05, 0) is 42.9 Å². The number of hydrogen-bond donors (Lipinski definition) is 0. The van der Waals surface area contributed by atoms with Crippen LogP contribution in [-0.4, -0.2) is 11.2 Å². The van der Waals surface area contributed by atoms with Crippen LogP contribution < -0.4 is 0 Å². The second-order valence-electron chi connectivity index (χ2n) is 5.60. The minimum atomic E-state index is -0.300. The number of nitrogens with zero attached hydrogens (tertiary/aromatic N) is 1. The number of hydrogen-bond acceptors (Lipinski definition) is 0. The maximum Gasteiger partial charge on any atom is 0.107 e. The zero-order chi connectivity index (χ0) is 14.1. The highest BCUT2D eigenvalue weighted by molar-refractivity contribution is 5.90. The highest BCUT2D eigenvalue weighted by Crippen LogP contribution is 2.41. The van der Waals surface area contributed by atoms with E-state index in [0.29, 0.717) is 12.5 Å². The molecule has 0 spiro atoms. The summed E-state index contributed by atoms with van der Waals surface area (Å²) < 4.78 is 15.2. The van der Waals surface area contributed by atoms with Crippen LogP contribution in [0.1, 0.15) is 42.5 Å². The molecular formula is C18H22FN. The molecule has 0 amide bonds. The van der Waals surface area contributed by atoms with E-state index in [4.69, 9.17) is 0 Å². The summed E-state index contributed by atoms with van der Waals surface area (Å²) in [6.07, 6.45) is 6.51. The van der Waals surface area contributed by atoms with Gasteiger partial charge in [0.05, 0.1) is 6.54 Å². The van der Waals surface area contributed by atoms with Crippen molar-refractivity contribution in [2.24, 2.45) is 0 Å². The summed E-state index contributed by atoms with van der Waals surface area (Å²) in [5.41, 5.74) is 5.35. The lowest BCUT2D eigenvalue weighted by atomic mass is 9.84. The number of rotatable bonds is 4. The molecule has 1 heterocycles. The quantitative estimate of drug-likeness (QED) is 0.705. The Kier molecular flexibility index (Phi) is 3.64. The van der Waals surface area contributed by atoms with Crippen molar-refractivity contribution in [1.29, 1.82) is 0 Å². The zero-order valence-corrected chi connectivity index (χ0v) is 12.2. The minimum absolute atomic E-state index is 0.300. The summed E-state index contributed by atoms with van der Waals surface area (Å²) in [6, 6.07) is 6.45. The molecule has 1 aromatic carbocycles. The van der Waals surface area contributed by atoms with E-state index < -0.39 is 0 Å². The van der Waals surface area contributed by atoms with E-state index in [-0.39, 0.29) is 6.67 Å². The molecule has 20 heavy (non-hydrogen) atoms. The molecule has 1 atom stereocenters. The van der Waals surface area contributed by atoms with Gasteiger partial charge in [-0.2, -0.15) is 0 Å². The molecule has 0 saturated carbocycles. The lowest BCUT2D eigenvalue weighted by molar-refractivity contribution is 0.441. The van der Waals surface area contributed by atoms with Crippen molar-refractivity contribution >= 4 is 10.9 Å². The van der Waals surface area contributed by atoms with E-state index in [1.807, 2.05) is 0 Å². The first-order chi connectivity index (χ1) is 9.81. The van der Waals surface area contributed by atoms with Crippen molar-refractivity contribution in [2.75, 3.05) is 6.67 Å². The smallest absolute Gasteiger partial charge is 0.107 e. The molecule has 2 aromatic rings. The molecule has 106 valence electrons. The Labute approximate surface area is 120 Å². The molecule has 3 rings (SSSR count). The number of benzene rings is 1. The van der Waals surface area contributed by atoms with Crippen LogP contribution in [-0.2, 0) is 19.4 Å². The van der Waals surface area contributed by atoms with Gasteiger partial charge in [-0.25, -0.2) is 4.39 Å². The number of allylic oxidation sites excluding steroid dienone is 1. The summed E-state index contributed by atoms with van der Waals surface area (Å²) in [4.78, 5) is 0. The van der Waals surface area contributed by atoms with E-state index in [2.05, 4.69) is 42.3 Å². The van der Waals surface area contributed by atoms with Crippen LogP contribution in [0, 0.1) is 0 Å². The van der Waals surface area contributed by atoms with Crippen LogP contribution in [0.2, 0.25) is 0 Å². The third-order valence-electron chi connectivity index (χ3n) is 4.60. The monoisotopic (exact) mass is 271 g/mol. The normalized spacial score (nSPS) is 18.2. The Hall–Kier alpha value is -1.57. The summed E-state index contributed by atoms with van der Waals surface area (Å²) in [5.74, 6) is 0.426. The van der Waals surface area contributed by atoms with Gasteiger partial charge < -0.3 is 4.57 Å². The van der Waals surface area contributed by atoms with Crippen LogP contribution in [0.5, 0.6) is 0 Å². The fourth-order valence-corrected chi connectivity index (χ4v) is 3.73. The number of aryl methyl sites for hydroxylation is 2. The molecule has 0 saturated heterocycles. The summed E-state index contributed by atoms with van der Waals surface area (Å²) >= 11 is 0. The van der Waals surface area contributed by atoms with Gasteiger partial charge in [0.1, 0.15) is 6.67 Å². The molecule has 1 aliphatic rings. The van der Waals surface area contributed by atoms with Crippen LogP contribution in [0.15, 0.2) is 30.9 Å². The molecule has 1 aromatic heterocycles. The number of aromatic nitrogens is 1. The molecule has 0 aliphatic heterocycles. The lowest BCUT2D eigenvalue weighted by Gasteiger charge is -2.22. The fourth-order valence-electron chi connectivity index (χ4n) is 3.73. The highest BCUT2D eigenvalue weighted by Gasteiger charge is 2.26. The number of alkyl halides is 1. The Morgan fingerprint density at radius 1 is 1.45 bits per heavy atom. The zero-order valence-electron chi connectivity index (χ0n) is 12.2. The van der Waals surface area contributed by atoms with Gasteiger partial charge >= 0.3 is 0 Å². The molecule has 1 nitrogen and oxygen atoms in total.